The normalized spacial score (nSPS) is 17.0. The highest BCUT2D eigenvalue weighted by molar-refractivity contribution is 7.98. The first-order valence-corrected chi connectivity index (χ1v) is 11.7. The van der Waals surface area contributed by atoms with Gasteiger partial charge in [0.1, 0.15) is 24.2 Å². The molecule has 0 radical (unpaired) electrons. The molecular formula is C18H34N4O6S2. The quantitative estimate of drug-likeness (QED) is 0.159. The Balaban J connectivity index is 5.43. The van der Waals surface area contributed by atoms with Gasteiger partial charge in [0, 0.05) is 5.75 Å². The van der Waals surface area contributed by atoms with E-state index in [-0.39, 0.29) is 18.1 Å². The highest BCUT2D eigenvalue weighted by atomic mass is 32.2. The molecule has 0 aliphatic rings. The molecule has 0 fully saturated rings. The predicted molar refractivity (Wildman–Crippen MR) is 119 cm³/mol. The monoisotopic (exact) mass is 466 g/mol. The molecule has 30 heavy (non-hydrogen) atoms. The number of carbonyl (C=O) groups excluding carboxylic acids is 3. The minimum absolute atomic E-state index is 0.105. The Morgan fingerprint density at radius 3 is 2.03 bits per heavy atom. The number of carboxylic acid groups (broad SMARTS) is 1. The van der Waals surface area contributed by atoms with Crippen LogP contribution in [0.3, 0.4) is 0 Å². The summed E-state index contributed by atoms with van der Waals surface area (Å²) in [5.74, 6) is -2.99. The van der Waals surface area contributed by atoms with Crippen molar-refractivity contribution in [3.05, 3.63) is 0 Å². The lowest BCUT2D eigenvalue weighted by Crippen LogP contribution is -2.59. The first kappa shape index (κ1) is 28.5. The van der Waals surface area contributed by atoms with Gasteiger partial charge in [-0.05, 0) is 31.3 Å². The summed E-state index contributed by atoms with van der Waals surface area (Å²) in [6, 6.07) is -4.35. The van der Waals surface area contributed by atoms with Gasteiger partial charge in [0.2, 0.25) is 17.7 Å². The van der Waals surface area contributed by atoms with E-state index in [0.717, 1.165) is 0 Å². The molecule has 0 spiro atoms. The largest absolute Gasteiger partial charge is 0.480 e. The Labute approximate surface area is 186 Å². The van der Waals surface area contributed by atoms with E-state index in [4.69, 9.17) is 10.8 Å². The maximum atomic E-state index is 12.9. The third-order valence-corrected chi connectivity index (χ3v) is 5.67. The molecule has 0 saturated carbocycles. The number of thiol groups is 1. The van der Waals surface area contributed by atoms with E-state index in [1.165, 1.54) is 18.7 Å². The molecule has 0 aliphatic carbocycles. The van der Waals surface area contributed by atoms with Crippen molar-refractivity contribution in [1.82, 2.24) is 16.0 Å². The first-order chi connectivity index (χ1) is 14.0. The van der Waals surface area contributed by atoms with Crippen LogP contribution >= 0.6 is 24.4 Å². The van der Waals surface area contributed by atoms with E-state index >= 15 is 0 Å². The SMILES string of the molecule is CCC(C)C(NC(=O)C(CCSC)NC(=O)C(N)C(C)O)C(=O)NC(CS)C(=O)O. The maximum absolute atomic E-state index is 12.9. The van der Waals surface area contributed by atoms with Crippen LogP contribution in [0.2, 0.25) is 0 Å². The highest BCUT2D eigenvalue weighted by Gasteiger charge is 2.32. The molecule has 0 rings (SSSR count). The number of nitrogens with two attached hydrogens (primary N) is 1. The number of aliphatic carboxylic acids is 1. The predicted octanol–water partition coefficient (Wildman–Crippen LogP) is -1.04. The van der Waals surface area contributed by atoms with Gasteiger partial charge in [-0.25, -0.2) is 4.79 Å². The molecular weight excluding hydrogens is 432 g/mol. The number of thioether (sulfide) groups is 1. The van der Waals surface area contributed by atoms with Crippen LogP contribution in [0, 0.1) is 5.92 Å². The smallest absolute Gasteiger partial charge is 0.327 e. The van der Waals surface area contributed by atoms with Gasteiger partial charge < -0.3 is 31.9 Å². The van der Waals surface area contributed by atoms with E-state index in [1.807, 2.05) is 13.2 Å². The average Bonchev–Trinajstić information content (AvgIpc) is 2.70. The fraction of sp³-hybridized carbons (Fsp3) is 0.778. The van der Waals surface area contributed by atoms with Gasteiger partial charge in [0.05, 0.1) is 6.10 Å². The summed E-state index contributed by atoms with van der Waals surface area (Å²) in [5.41, 5.74) is 5.63. The second kappa shape index (κ2) is 14.5. The van der Waals surface area contributed by atoms with Gasteiger partial charge in [-0.1, -0.05) is 20.3 Å². The Morgan fingerprint density at radius 2 is 1.60 bits per heavy atom. The van der Waals surface area contributed by atoms with Crippen molar-refractivity contribution >= 4 is 48.1 Å². The van der Waals surface area contributed by atoms with Crippen LogP contribution in [0.5, 0.6) is 0 Å². The molecule has 6 unspecified atom stereocenters. The van der Waals surface area contributed by atoms with Crippen LogP contribution in [-0.2, 0) is 19.2 Å². The summed E-state index contributed by atoms with van der Waals surface area (Å²) in [6.07, 6.45) is 1.58. The summed E-state index contributed by atoms with van der Waals surface area (Å²) >= 11 is 5.40. The molecule has 10 nitrogen and oxygen atoms in total. The molecule has 6 atom stereocenters. The number of carbonyl (C=O) groups is 4. The minimum Gasteiger partial charge on any atom is -0.480 e. The molecule has 0 heterocycles. The molecule has 0 aromatic heterocycles. The molecule has 0 aromatic carbocycles. The topological polar surface area (TPSA) is 171 Å². The van der Waals surface area contributed by atoms with E-state index < -0.39 is 54.0 Å². The molecule has 0 bridgehead atoms. The molecule has 0 aromatic rings. The fourth-order valence-corrected chi connectivity index (χ4v) is 3.11. The third kappa shape index (κ3) is 9.54. The number of amides is 3. The number of hydrogen-bond donors (Lipinski definition) is 7. The minimum atomic E-state index is -1.23. The van der Waals surface area contributed by atoms with Gasteiger partial charge >= 0.3 is 5.97 Å². The first-order valence-electron chi connectivity index (χ1n) is 9.67. The maximum Gasteiger partial charge on any atom is 0.327 e. The second-order valence-corrected chi connectivity index (χ2v) is 8.41. The second-order valence-electron chi connectivity index (χ2n) is 7.06. The van der Waals surface area contributed by atoms with Crippen molar-refractivity contribution in [2.24, 2.45) is 11.7 Å². The lowest BCUT2D eigenvalue weighted by molar-refractivity contribution is -0.142. The zero-order valence-corrected chi connectivity index (χ0v) is 19.5. The van der Waals surface area contributed by atoms with E-state index in [2.05, 4.69) is 28.6 Å². The molecule has 3 amide bonds. The standard InChI is InChI=1S/C18H34N4O6S2/c1-5-9(2)14(17(26)21-12(8-29)18(27)28)22-15(24)11(6-7-30-4)20-16(25)13(19)10(3)23/h9-14,23,29H,5-8,19H2,1-4H3,(H,20,25)(H,21,26)(H,22,24)(H,27,28). The summed E-state index contributed by atoms with van der Waals surface area (Å²) < 4.78 is 0. The number of rotatable bonds is 14. The fourth-order valence-electron chi connectivity index (χ4n) is 2.39. The van der Waals surface area contributed by atoms with Crippen LogP contribution in [0.25, 0.3) is 0 Å². The van der Waals surface area contributed by atoms with Crippen molar-refractivity contribution in [1.29, 1.82) is 0 Å². The Morgan fingerprint density at radius 1 is 1.03 bits per heavy atom. The molecule has 0 saturated heterocycles. The van der Waals surface area contributed by atoms with Gasteiger partial charge in [-0.3, -0.25) is 14.4 Å². The molecule has 0 aliphatic heterocycles. The highest BCUT2D eigenvalue weighted by Crippen LogP contribution is 2.10. The lowest BCUT2D eigenvalue weighted by atomic mass is 9.97. The average molecular weight is 467 g/mol. The Bertz CT molecular complexity index is 593. The van der Waals surface area contributed by atoms with Crippen LogP contribution in [0.4, 0.5) is 0 Å². The molecule has 12 heteroatoms. The lowest BCUT2D eigenvalue weighted by Gasteiger charge is -2.28. The summed E-state index contributed by atoms with van der Waals surface area (Å²) in [7, 11) is 0. The van der Waals surface area contributed by atoms with Gasteiger partial charge in [-0.2, -0.15) is 24.4 Å². The van der Waals surface area contributed by atoms with Crippen LogP contribution in [0.1, 0.15) is 33.6 Å². The van der Waals surface area contributed by atoms with Crippen molar-refractivity contribution in [3.8, 4) is 0 Å². The number of hydrogen-bond acceptors (Lipinski definition) is 8. The zero-order valence-electron chi connectivity index (χ0n) is 17.8. The van der Waals surface area contributed by atoms with Crippen LogP contribution in [-0.4, -0.2) is 81.9 Å². The third-order valence-electron chi connectivity index (χ3n) is 4.66. The Kier molecular flexibility index (Phi) is 13.8. The number of aliphatic hydroxyl groups excluding tert-OH is 1. The van der Waals surface area contributed by atoms with Gasteiger partial charge in [-0.15, -0.1) is 0 Å². The number of carboxylic acids is 1. The van der Waals surface area contributed by atoms with Crippen LogP contribution < -0.4 is 21.7 Å². The number of aliphatic hydroxyl groups is 1. The summed E-state index contributed by atoms with van der Waals surface area (Å²) in [6.45, 7) is 4.95. The van der Waals surface area contributed by atoms with Crippen molar-refractivity contribution in [2.45, 2.75) is 63.9 Å². The molecule has 7 N–H and O–H groups in total. The van der Waals surface area contributed by atoms with E-state index in [1.54, 1.807) is 6.92 Å². The van der Waals surface area contributed by atoms with Crippen molar-refractivity contribution in [2.75, 3.05) is 17.8 Å². The summed E-state index contributed by atoms with van der Waals surface area (Å²) in [5, 5.41) is 26.1. The van der Waals surface area contributed by atoms with E-state index in [0.29, 0.717) is 12.2 Å². The zero-order chi connectivity index (χ0) is 23.4. The van der Waals surface area contributed by atoms with Crippen molar-refractivity contribution < 1.29 is 29.4 Å². The molecule has 174 valence electrons. The van der Waals surface area contributed by atoms with Gasteiger partial charge in [0.25, 0.3) is 0 Å². The van der Waals surface area contributed by atoms with Crippen LogP contribution in [0.15, 0.2) is 0 Å². The number of nitrogens with one attached hydrogen (secondary N) is 3. The summed E-state index contributed by atoms with van der Waals surface area (Å²) in [4.78, 5) is 48.9. The Hall–Kier alpha value is -1.50. The van der Waals surface area contributed by atoms with Crippen molar-refractivity contribution in [3.63, 3.8) is 0 Å². The van der Waals surface area contributed by atoms with E-state index in [9.17, 15) is 24.3 Å². The van der Waals surface area contributed by atoms with Gasteiger partial charge in [0.15, 0.2) is 0 Å².